The number of nitrogens with two attached hydrogens (primary N) is 1. The molecular weight excluding hydrogens is 302 g/mol. The van der Waals surface area contributed by atoms with Crippen LogP contribution in [0.3, 0.4) is 0 Å². The highest BCUT2D eigenvalue weighted by molar-refractivity contribution is 5.81. The molecule has 5 N–H and O–H groups in total. The highest BCUT2D eigenvalue weighted by Crippen LogP contribution is 2.57. The molecule has 2 aromatic rings. The molecule has 2 aromatic heterocycles. The number of hydrogen-bond acceptors (Lipinski definition) is 8. The summed E-state index contributed by atoms with van der Waals surface area (Å²) in [6.07, 6.45) is 2.40. The molecular formula is C14H19N5O4. The van der Waals surface area contributed by atoms with Crippen molar-refractivity contribution in [3.63, 3.8) is 0 Å². The summed E-state index contributed by atoms with van der Waals surface area (Å²) < 4.78 is 7.43. The fraction of sp³-hybridized carbons (Fsp3) is 0.643. The fourth-order valence-electron chi connectivity index (χ4n) is 3.98. The first kappa shape index (κ1) is 14.8. The van der Waals surface area contributed by atoms with E-state index in [2.05, 4.69) is 15.0 Å². The monoisotopic (exact) mass is 321 g/mol. The summed E-state index contributed by atoms with van der Waals surface area (Å²) in [7, 11) is 0. The number of nitrogens with zero attached hydrogens (tertiary/aromatic N) is 4. The van der Waals surface area contributed by atoms with Crippen LogP contribution < -0.4 is 5.73 Å². The zero-order valence-corrected chi connectivity index (χ0v) is 12.4. The van der Waals surface area contributed by atoms with Gasteiger partial charge in [-0.25, -0.2) is 15.0 Å². The van der Waals surface area contributed by atoms with Crippen LogP contribution >= 0.6 is 0 Å². The molecule has 1 saturated carbocycles. The van der Waals surface area contributed by atoms with E-state index in [0.717, 1.165) is 0 Å². The third-order valence-corrected chi connectivity index (χ3v) is 5.20. The van der Waals surface area contributed by atoms with Crippen molar-refractivity contribution in [3.8, 4) is 0 Å². The first-order chi connectivity index (χ1) is 11.1. The fourth-order valence-corrected chi connectivity index (χ4v) is 3.98. The van der Waals surface area contributed by atoms with Crippen LogP contribution in [0.2, 0.25) is 0 Å². The Hall–Kier alpha value is -1.81. The van der Waals surface area contributed by atoms with Gasteiger partial charge in [0.15, 0.2) is 11.5 Å². The van der Waals surface area contributed by atoms with Crippen molar-refractivity contribution in [1.29, 1.82) is 0 Å². The molecule has 124 valence electrons. The van der Waals surface area contributed by atoms with Crippen molar-refractivity contribution in [1.82, 2.24) is 19.5 Å². The molecule has 9 nitrogen and oxygen atoms in total. The maximum Gasteiger partial charge on any atom is 0.165 e. The van der Waals surface area contributed by atoms with Crippen molar-refractivity contribution >= 4 is 17.0 Å². The third-order valence-electron chi connectivity index (χ3n) is 5.20. The molecule has 4 rings (SSSR count). The first-order valence-corrected chi connectivity index (χ1v) is 7.61. The molecule has 1 aliphatic carbocycles. The van der Waals surface area contributed by atoms with Crippen LogP contribution in [0, 0.1) is 11.8 Å². The van der Waals surface area contributed by atoms with Crippen LogP contribution in [0.4, 0.5) is 5.82 Å². The molecule has 1 aliphatic heterocycles. The highest BCUT2D eigenvalue weighted by Gasteiger charge is 2.72. The molecule has 0 radical (unpaired) electrons. The second-order valence-corrected chi connectivity index (χ2v) is 6.25. The van der Waals surface area contributed by atoms with Crippen LogP contribution in [0.15, 0.2) is 12.7 Å². The third kappa shape index (κ3) is 1.97. The molecule has 0 unspecified atom stereocenters. The number of imidazole rings is 1. The normalized spacial score (nSPS) is 35.6. The quantitative estimate of drug-likeness (QED) is 0.489. The second-order valence-electron chi connectivity index (χ2n) is 6.25. The summed E-state index contributed by atoms with van der Waals surface area (Å²) in [5.74, 6) is 0.0142. The summed E-state index contributed by atoms with van der Waals surface area (Å²) in [5, 5.41) is 29.4. The summed E-state index contributed by atoms with van der Waals surface area (Å²) in [4.78, 5) is 12.4. The standard InChI is InChI=1S/C14H19N5O4/c15-12-9-13(17-5-16-12)19(6-18-9)3-8-7(1-2-20)10(22)11-14(8,4-21)23-11/h5-8,10-11,20-22H,1-4H2,(H2,15,16,17)/t7-,8+,10+,11+,14-/m1/s1. The molecule has 5 atom stereocenters. The van der Waals surface area contributed by atoms with Crippen LogP contribution in [-0.4, -0.2) is 65.9 Å². The zero-order valence-electron chi connectivity index (χ0n) is 12.4. The van der Waals surface area contributed by atoms with E-state index in [1.54, 1.807) is 6.33 Å². The predicted molar refractivity (Wildman–Crippen MR) is 79.1 cm³/mol. The van der Waals surface area contributed by atoms with Crippen molar-refractivity contribution in [3.05, 3.63) is 12.7 Å². The number of aromatic nitrogens is 4. The molecule has 0 aromatic carbocycles. The lowest BCUT2D eigenvalue weighted by atomic mass is 9.85. The Balaban J connectivity index is 1.69. The van der Waals surface area contributed by atoms with Gasteiger partial charge in [0.25, 0.3) is 0 Å². The first-order valence-electron chi connectivity index (χ1n) is 7.61. The van der Waals surface area contributed by atoms with Crippen LogP contribution in [0.1, 0.15) is 6.42 Å². The zero-order chi connectivity index (χ0) is 16.2. The minimum atomic E-state index is -0.742. The lowest BCUT2D eigenvalue weighted by Gasteiger charge is -2.28. The van der Waals surface area contributed by atoms with E-state index in [9.17, 15) is 15.3 Å². The minimum Gasteiger partial charge on any atom is -0.396 e. The molecule has 23 heavy (non-hydrogen) atoms. The summed E-state index contributed by atoms with van der Waals surface area (Å²) in [6, 6.07) is 0. The molecule has 0 amide bonds. The van der Waals surface area contributed by atoms with Gasteiger partial charge < -0.3 is 30.4 Å². The van der Waals surface area contributed by atoms with Gasteiger partial charge in [0, 0.05) is 19.1 Å². The van der Waals surface area contributed by atoms with Gasteiger partial charge in [-0.1, -0.05) is 0 Å². The maximum atomic E-state index is 10.4. The molecule has 9 heteroatoms. The maximum absolute atomic E-state index is 10.4. The van der Waals surface area contributed by atoms with E-state index >= 15 is 0 Å². The summed E-state index contributed by atoms with van der Waals surface area (Å²) >= 11 is 0. The highest BCUT2D eigenvalue weighted by atomic mass is 16.6. The van der Waals surface area contributed by atoms with Gasteiger partial charge in [-0.2, -0.15) is 0 Å². The van der Waals surface area contributed by atoms with E-state index in [-0.39, 0.29) is 31.2 Å². The molecule has 3 heterocycles. The van der Waals surface area contributed by atoms with Gasteiger partial charge in [-0.3, -0.25) is 0 Å². The number of nitrogen functional groups attached to an aromatic ring is 1. The van der Waals surface area contributed by atoms with E-state index in [0.29, 0.717) is 29.9 Å². The number of anilines is 1. The van der Waals surface area contributed by atoms with Gasteiger partial charge in [-0.05, 0) is 12.3 Å². The Morgan fingerprint density at radius 2 is 2.13 bits per heavy atom. The molecule has 2 fully saturated rings. The lowest BCUT2D eigenvalue weighted by molar-refractivity contribution is -0.00221. The number of ether oxygens (including phenoxy) is 1. The summed E-state index contributed by atoms with van der Waals surface area (Å²) in [5.41, 5.74) is 6.18. The van der Waals surface area contributed by atoms with Crippen molar-refractivity contribution < 1.29 is 20.1 Å². The average Bonchev–Trinajstić information content (AvgIpc) is 3.09. The van der Waals surface area contributed by atoms with Crippen LogP contribution in [0.5, 0.6) is 0 Å². The Morgan fingerprint density at radius 3 is 2.87 bits per heavy atom. The number of aliphatic hydroxyl groups is 3. The Morgan fingerprint density at radius 1 is 1.30 bits per heavy atom. The number of epoxide rings is 1. The smallest absolute Gasteiger partial charge is 0.165 e. The second kappa shape index (κ2) is 5.10. The number of rotatable bonds is 5. The number of fused-ring (bicyclic) bond motifs is 2. The largest absolute Gasteiger partial charge is 0.396 e. The Labute approximate surface area is 131 Å². The number of hydrogen-bond donors (Lipinski definition) is 4. The van der Waals surface area contributed by atoms with E-state index in [4.69, 9.17) is 10.5 Å². The molecule has 2 aliphatic rings. The topological polar surface area (TPSA) is 143 Å². The van der Waals surface area contributed by atoms with E-state index < -0.39 is 11.7 Å². The molecule has 1 saturated heterocycles. The summed E-state index contributed by atoms with van der Waals surface area (Å²) in [6.45, 7) is 0.281. The van der Waals surface area contributed by atoms with Crippen LogP contribution in [-0.2, 0) is 11.3 Å². The average molecular weight is 321 g/mol. The van der Waals surface area contributed by atoms with Crippen molar-refractivity contribution in [2.24, 2.45) is 11.8 Å². The molecule has 0 bridgehead atoms. The van der Waals surface area contributed by atoms with Gasteiger partial charge in [0.2, 0.25) is 0 Å². The Kier molecular flexibility index (Phi) is 3.27. The Bertz CT molecular complexity index is 737. The molecule has 0 spiro atoms. The minimum absolute atomic E-state index is 0.0216. The van der Waals surface area contributed by atoms with Gasteiger partial charge in [0.1, 0.15) is 23.5 Å². The van der Waals surface area contributed by atoms with Gasteiger partial charge in [0.05, 0.1) is 19.0 Å². The van der Waals surface area contributed by atoms with E-state index in [1.165, 1.54) is 6.33 Å². The SMILES string of the molecule is Nc1ncnc2c1ncn2C[C@H]1[C@@H](CCO)[C@H](O)[C@@H]2O[C@]12CO. The number of aliphatic hydroxyl groups excluding tert-OH is 3. The van der Waals surface area contributed by atoms with Gasteiger partial charge in [-0.15, -0.1) is 0 Å². The van der Waals surface area contributed by atoms with Crippen LogP contribution in [0.25, 0.3) is 11.2 Å². The van der Waals surface area contributed by atoms with Crippen molar-refractivity contribution in [2.75, 3.05) is 18.9 Å². The lowest BCUT2D eigenvalue weighted by Crippen LogP contribution is -2.35. The van der Waals surface area contributed by atoms with E-state index in [1.807, 2.05) is 4.57 Å². The van der Waals surface area contributed by atoms with Gasteiger partial charge >= 0.3 is 0 Å². The predicted octanol–water partition coefficient (Wildman–Crippen LogP) is -1.47. The van der Waals surface area contributed by atoms with Crippen molar-refractivity contribution in [2.45, 2.75) is 30.8 Å².